The SMILES string of the molecule is CCc1cc(C)ccc1N(Cn1cccn1)C(=O)CCl. The second kappa shape index (κ2) is 6.57. The minimum Gasteiger partial charge on any atom is -0.291 e. The fourth-order valence-corrected chi connectivity index (χ4v) is 2.30. The second-order valence-electron chi connectivity index (χ2n) is 4.63. The molecule has 1 aromatic heterocycles. The van der Waals surface area contributed by atoms with Crippen molar-refractivity contribution in [3.05, 3.63) is 47.8 Å². The summed E-state index contributed by atoms with van der Waals surface area (Å²) in [5.41, 5.74) is 3.22. The van der Waals surface area contributed by atoms with E-state index in [1.54, 1.807) is 15.8 Å². The third-order valence-electron chi connectivity index (χ3n) is 3.17. The van der Waals surface area contributed by atoms with Crippen LogP contribution >= 0.6 is 11.6 Å². The fraction of sp³-hybridized carbons (Fsp3) is 0.333. The summed E-state index contributed by atoms with van der Waals surface area (Å²) in [7, 11) is 0. The molecule has 0 saturated carbocycles. The van der Waals surface area contributed by atoms with E-state index in [1.807, 2.05) is 31.3 Å². The molecule has 0 N–H and O–H groups in total. The van der Waals surface area contributed by atoms with Crippen molar-refractivity contribution in [3.63, 3.8) is 0 Å². The van der Waals surface area contributed by atoms with Gasteiger partial charge in [0.25, 0.3) is 0 Å². The van der Waals surface area contributed by atoms with Gasteiger partial charge in [-0.1, -0.05) is 24.6 Å². The molecule has 0 aliphatic heterocycles. The Kier molecular flexibility index (Phi) is 4.79. The van der Waals surface area contributed by atoms with E-state index in [-0.39, 0.29) is 11.8 Å². The largest absolute Gasteiger partial charge is 0.291 e. The first-order valence-corrected chi connectivity index (χ1v) is 7.12. The number of aryl methyl sites for hydroxylation is 2. The number of amides is 1. The summed E-state index contributed by atoms with van der Waals surface area (Å²) in [6, 6.07) is 7.92. The third-order valence-corrected chi connectivity index (χ3v) is 3.40. The molecule has 0 aliphatic carbocycles. The average molecular weight is 292 g/mol. The summed E-state index contributed by atoms with van der Waals surface area (Å²) in [6.07, 6.45) is 4.38. The van der Waals surface area contributed by atoms with Gasteiger partial charge >= 0.3 is 0 Å². The minimum atomic E-state index is -0.124. The van der Waals surface area contributed by atoms with Crippen LogP contribution in [0.2, 0.25) is 0 Å². The normalized spacial score (nSPS) is 10.6. The molecule has 1 amide bonds. The lowest BCUT2D eigenvalue weighted by Gasteiger charge is -2.24. The summed E-state index contributed by atoms with van der Waals surface area (Å²) < 4.78 is 1.71. The van der Waals surface area contributed by atoms with E-state index in [2.05, 4.69) is 18.1 Å². The molecule has 0 spiro atoms. The molecule has 2 rings (SSSR count). The Morgan fingerprint density at radius 3 is 2.85 bits per heavy atom. The Morgan fingerprint density at radius 1 is 1.45 bits per heavy atom. The van der Waals surface area contributed by atoms with Gasteiger partial charge in [-0.15, -0.1) is 11.6 Å². The number of halogens is 1. The van der Waals surface area contributed by atoms with Crippen molar-refractivity contribution in [2.45, 2.75) is 26.9 Å². The van der Waals surface area contributed by atoms with E-state index in [9.17, 15) is 4.79 Å². The van der Waals surface area contributed by atoms with Gasteiger partial charge in [0.15, 0.2) is 0 Å². The zero-order valence-electron chi connectivity index (χ0n) is 11.7. The van der Waals surface area contributed by atoms with Gasteiger partial charge in [0, 0.05) is 18.1 Å². The standard InChI is InChI=1S/C15H18ClN3O/c1-3-13-9-12(2)5-6-14(13)19(15(20)10-16)11-18-8-4-7-17-18/h4-9H,3,10-11H2,1-2H3. The van der Waals surface area contributed by atoms with Crippen molar-refractivity contribution in [1.29, 1.82) is 0 Å². The highest BCUT2D eigenvalue weighted by molar-refractivity contribution is 6.29. The lowest BCUT2D eigenvalue weighted by Crippen LogP contribution is -2.34. The zero-order chi connectivity index (χ0) is 14.5. The molecule has 1 aromatic carbocycles. The number of anilines is 1. The molecule has 1 heterocycles. The van der Waals surface area contributed by atoms with Crippen LogP contribution in [-0.2, 0) is 17.9 Å². The monoisotopic (exact) mass is 291 g/mol. The molecule has 0 unspecified atom stereocenters. The Hall–Kier alpha value is -1.81. The molecular formula is C15H18ClN3O. The van der Waals surface area contributed by atoms with E-state index >= 15 is 0 Å². The number of aromatic nitrogens is 2. The van der Waals surface area contributed by atoms with Crippen LogP contribution in [0, 0.1) is 6.92 Å². The number of rotatable bonds is 5. The van der Waals surface area contributed by atoms with Gasteiger partial charge in [-0.25, -0.2) is 0 Å². The summed E-state index contributed by atoms with van der Waals surface area (Å²) in [4.78, 5) is 13.8. The van der Waals surface area contributed by atoms with Gasteiger partial charge in [-0.05, 0) is 31.0 Å². The summed E-state index contributed by atoms with van der Waals surface area (Å²) in [5, 5.41) is 4.15. The van der Waals surface area contributed by atoms with Gasteiger partial charge < -0.3 is 0 Å². The number of nitrogens with zero attached hydrogens (tertiary/aromatic N) is 3. The quantitative estimate of drug-likeness (QED) is 0.794. The maximum atomic E-state index is 12.1. The summed E-state index contributed by atoms with van der Waals surface area (Å²) in [5.74, 6) is -0.168. The number of hydrogen-bond donors (Lipinski definition) is 0. The van der Waals surface area contributed by atoms with Crippen molar-refractivity contribution in [1.82, 2.24) is 9.78 Å². The lowest BCUT2D eigenvalue weighted by atomic mass is 10.1. The first-order chi connectivity index (χ1) is 9.65. The summed E-state index contributed by atoms with van der Waals surface area (Å²) >= 11 is 5.74. The molecule has 0 aliphatic rings. The van der Waals surface area contributed by atoms with Gasteiger partial charge in [0.05, 0.1) is 0 Å². The smallest absolute Gasteiger partial charge is 0.243 e. The first kappa shape index (κ1) is 14.6. The molecule has 5 heteroatoms. The van der Waals surface area contributed by atoms with Crippen LogP contribution in [-0.4, -0.2) is 21.6 Å². The number of hydrogen-bond acceptors (Lipinski definition) is 2. The predicted octanol–water partition coefficient (Wildman–Crippen LogP) is 2.98. The molecule has 4 nitrogen and oxygen atoms in total. The van der Waals surface area contributed by atoms with Crippen molar-refractivity contribution in [3.8, 4) is 0 Å². The lowest BCUT2D eigenvalue weighted by molar-refractivity contribution is -0.116. The van der Waals surface area contributed by atoms with Crippen molar-refractivity contribution < 1.29 is 4.79 Å². The van der Waals surface area contributed by atoms with Crippen LogP contribution in [0.25, 0.3) is 0 Å². The van der Waals surface area contributed by atoms with E-state index in [0.29, 0.717) is 6.67 Å². The van der Waals surface area contributed by atoms with Gasteiger partial charge in [-0.2, -0.15) is 5.10 Å². The van der Waals surface area contributed by atoms with E-state index in [0.717, 1.165) is 17.7 Å². The molecule has 0 saturated heterocycles. The number of carbonyl (C=O) groups excluding carboxylic acids is 1. The van der Waals surface area contributed by atoms with Crippen LogP contribution in [0.5, 0.6) is 0 Å². The average Bonchev–Trinajstić information content (AvgIpc) is 2.97. The maximum absolute atomic E-state index is 12.1. The Balaban J connectivity index is 2.38. The highest BCUT2D eigenvalue weighted by Crippen LogP contribution is 2.23. The van der Waals surface area contributed by atoms with Crippen molar-refractivity contribution in [2.75, 3.05) is 10.8 Å². The van der Waals surface area contributed by atoms with E-state index < -0.39 is 0 Å². The highest BCUT2D eigenvalue weighted by Gasteiger charge is 2.18. The summed E-state index contributed by atoms with van der Waals surface area (Å²) in [6.45, 7) is 4.49. The molecule has 0 radical (unpaired) electrons. The van der Waals surface area contributed by atoms with Gasteiger partial charge in [-0.3, -0.25) is 14.4 Å². The molecule has 0 atom stereocenters. The molecular weight excluding hydrogens is 274 g/mol. The Labute approximate surface area is 124 Å². The topological polar surface area (TPSA) is 38.1 Å². The first-order valence-electron chi connectivity index (χ1n) is 6.59. The van der Waals surface area contributed by atoms with Crippen LogP contribution < -0.4 is 4.90 Å². The van der Waals surface area contributed by atoms with Crippen molar-refractivity contribution in [2.24, 2.45) is 0 Å². The second-order valence-corrected chi connectivity index (χ2v) is 4.90. The Morgan fingerprint density at radius 2 is 2.25 bits per heavy atom. The fourth-order valence-electron chi connectivity index (χ4n) is 2.15. The molecule has 20 heavy (non-hydrogen) atoms. The van der Waals surface area contributed by atoms with Crippen LogP contribution in [0.4, 0.5) is 5.69 Å². The van der Waals surface area contributed by atoms with Crippen LogP contribution in [0.3, 0.4) is 0 Å². The molecule has 106 valence electrons. The number of benzene rings is 1. The molecule has 2 aromatic rings. The number of alkyl halides is 1. The minimum absolute atomic E-state index is 0.0434. The van der Waals surface area contributed by atoms with Gasteiger partial charge in [0.2, 0.25) is 5.91 Å². The highest BCUT2D eigenvalue weighted by atomic mass is 35.5. The van der Waals surface area contributed by atoms with E-state index in [4.69, 9.17) is 11.6 Å². The van der Waals surface area contributed by atoms with Gasteiger partial charge in [0.1, 0.15) is 12.5 Å². The van der Waals surface area contributed by atoms with Crippen LogP contribution in [0.1, 0.15) is 18.1 Å². The maximum Gasteiger partial charge on any atom is 0.243 e. The molecule has 0 bridgehead atoms. The predicted molar refractivity (Wildman–Crippen MR) is 81.0 cm³/mol. The Bertz CT molecular complexity index is 581. The number of carbonyl (C=O) groups is 1. The third kappa shape index (κ3) is 3.20. The van der Waals surface area contributed by atoms with Crippen LogP contribution in [0.15, 0.2) is 36.7 Å². The van der Waals surface area contributed by atoms with E-state index in [1.165, 1.54) is 5.56 Å². The van der Waals surface area contributed by atoms with Crippen molar-refractivity contribution >= 4 is 23.2 Å². The molecule has 0 fully saturated rings. The zero-order valence-corrected chi connectivity index (χ0v) is 12.5.